The fourth-order valence-corrected chi connectivity index (χ4v) is 1.56. The molecule has 1 aliphatic rings. The largest absolute Gasteiger partial charge is 0.321 e. The van der Waals surface area contributed by atoms with Crippen molar-refractivity contribution in [3.63, 3.8) is 0 Å². The predicted octanol–water partition coefficient (Wildman–Crippen LogP) is 0.0721. The van der Waals surface area contributed by atoms with Gasteiger partial charge in [0.1, 0.15) is 0 Å². The average Bonchev–Trinajstić information content (AvgIpc) is 2.72. The number of rotatable bonds is 1. The number of nitrogens with two attached hydrogens (primary N) is 1. The summed E-state index contributed by atoms with van der Waals surface area (Å²) in [6.07, 6.45) is 3.88. The molecule has 1 aliphatic carbocycles. The Hall–Kier alpha value is -1.49. The molecule has 0 bridgehead atoms. The zero-order chi connectivity index (χ0) is 8.89. The van der Waals surface area contributed by atoms with Gasteiger partial charge in [0.05, 0.1) is 0 Å². The van der Waals surface area contributed by atoms with E-state index in [0.29, 0.717) is 0 Å². The van der Waals surface area contributed by atoms with Crippen molar-refractivity contribution >= 4 is 5.65 Å². The first-order valence-corrected chi connectivity index (χ1v) is 4.26. The Kier molecular flexibility index (Phi) is 1.10. The van der Waals surface area contributed by atoms with Gasteiger partial charge in [-0.25, -0.2) is 4.52 Å². The Balaban J connectivity index is 2.33. The van der Waals surface area contributed by atoms with Crippen LogP contribution < -0.4 is 5.73 Å². The minimum Gasteiger partial charge on any atom is -0.321 e. The molecule has 2 aromatic heterocycles. The van der Waals surface area contributed by atoms with Gasteiger partial charge in [-0.15, -0.1) is 5.10 Å². The highest BCUT2D eigenvalue weighted by molar-refractivity contribution is 5.51. The predicted molar refractivity (Wildman–Crippen MR) is 45.9 cm³/mol. The van der Waals surface area contributed by atoms with E-state index in [1.807, 2.05) is 18.3 Å². The highest BCUT2D eigenvalue weighted by atomic mass is 15.5. The minimum atomic E-state index is -0.169. The van der Waals surface area contributed by atoms with Crippen LogP contribution in [0, 0.1) is 0 Å². The summed E-state index contributed by atoms with van der Waals surface area (Å²) in [5, 5.41) is 11.4. The van der Waals surface area contributed by atoms with E-state index in [2.05, 4.69) is 15.5 Å². The van der Waals surface area contributed by atoms with Crippen LogP contribution >= 0.6 is 0 Å². The van der Waals surface area contributed by atoms with Crippen molar-refractivity contribution < 1.29 is 0 Å². The number of hydrogen-bond donors (Lipinski definition) is 1. The van der Waals surface area contributed by atoms with Gasteiger partial charge in [0, 0.05) is 17.3 Å². The van der Waals surface area contributed by atoms with Gasteiger partial charge in [-0.1, -0.05) is 6.07 Å². The quantitative estimate of drug-likeness (QED) is 0.666. The van der Waals surface area contributed by atoms with Gasteiger partial charge in [-0.05, 0) is 29.3 Å². The Bertz CT molecular complexity index is 456. The maximum Gasteiger partial charge on any atom is 0.184 e. The first-order chi connectivity index (χ1) is 6.30. The van der Waals surface area contributed by atoms with Gasteiger partial charge in [-0.2, -0.15) is 0 Å². The maximum atomic E-state index is 6.08. The summed E-state index contributed by atoms with van der Waals surface area (Å²) < 4.78 is 1.66. The lowest BCUT2D eigenvalue weighted by molar-refractivity contribution is 0.736. The van der Waals surface area contributed by atoms with Crippen LogP contribution in [0.5, 0.6) is 0 Å². The maximum absolute atomic E-state index is 6.08. The van der Waals surface area contributed by atoms with Crippen molar-refractivity contribution in [3.8, 4) is 0 Å². The molecular weight excluding hydrogens is 166 g/mol. The average molecular weight is 175 g/mol. The molecule has 1 saturated carbocycles. The van der Waals surface area contributed by atoms with Crippen molar-refractivity contribution in [1.29, 1.82) is 0 Å². The standard InChI is InChI=1S/C8H9N5/c9-8(3-4-8)6-2-1-5-13-7(6)10-11-12-13/h1-2,5H,3-4,9H2. The van der Waals surface area contributed by atoms with Crippen LogP contribution in [0.3, 0.4) is 0 Å². The second-order valence-corrected chi connectivity index (χ2v) is 3.53. The molecule has 13 heavy (non-hydrogen) atoms. The van der Waals surface area contributed by atoms with E-state index in [4.69, 9.17) is 5.73 Å². The van der Waals surface area contributed by atoms with Gasteiger partial charge in [0.2, 0.25) is 0 Å². The first-order valence-electron chi connectivity index (χ1n) is 4.26. The zero-order valence-electron chi connectivity index (χ0n) is 7.01. The van der Waals surface area contributed by atoms with Crippen LogP contribution in [-0.4, -0.2) is 20.0 Å². The van der Waals surface area contributed by atoms with Crippen LogP contribution in [0.4, 0.5) is 0 Å². The molecule has 66 valence electrons. The Morgan fingerprint density at radius 1 is 1.46 bits per heavy atom. The van der Waals surface area contributed by atoms with Crippen LogP contribution in [0.25, 0.3) is 5.65 Å². The molecule has 0 saturated heterocycles. The third-order valence-corrected chi connectivity index (χ3v) is 2.55. The van der Waals surface area contributed by atoms with Crippen molar-refractivity contribution in [1.82, 2.24) is 20.0 Å². The molecule has 2 heterocycles. The van der Waals surface area contributed by atoms with Gasteiger partial charge in [0.25, 0.3) is 0 Å². The molecule has 2 aromatic rings. The molecule has 0 aromatic carbocycles. The molecule has 0 amide bonds. The number of aromatic nitrogens is 4. The number of nitrogens with zero attached hydrogens (tertiary/aromatic N) is 4. The fraction of sp³-hybridized carbons (Fsp3) is 0.375. The van der Waals surface area contributed by atoms with Crippen LogP contribution in [0.1, 0.15) is 18.4 Å². The van der Waals surface area contributed by atoms with Crippen LogP contribution in [-0.2, 0) is 5.54 Å². The first kappa shape index (κ1) is 6.97. The molecule has 0 radical (unpaired) electrons. The van der Waals surface area contributed by atoms with E-state index in [1.54, 1.807) is 4.52 Å². The molecule has 5 nitrogen and oxygen atoms in total. The SMILES string of the molecule is NC1(c2cccn3nnnc23)CC1. The van der Waals surface area contributed by atoms with Crippen molar-refractivity contribution in [2.24, 2.45) is 5.73 Å². The normalized spacial score (nSPS) is 19.2. The smallest absolute Gasteiger partial charge is 0.184 e. The summed E-state index contributed by atoms with van der Waals surface area (Å²) in [6.45, 7) is 0. The fourth-order valence-electron chi connectivity index (χ4n) is 1.56. The van der Waals surface area contributed by atoms with E-state index in [9.17, 15) is 0 Å². The Labute approximate surface area is 74.5 Å². The number of tetrazole rings is 1. The van der Waals surface area contributed by atoms with Crippen molar-refractivity contribution in [2.45, 2.75) is 18.4 Å². The molecule has 3 rings (SSSR count). The van der Waals surface area contributed by atoms with Crippen molar-refractivity contribution in [3.05, 3.63) is 23.9 Å². The molecular formula is C8H9N5. The summed E-state index contributed by atoms with van der Waals surface area (Å²) in [4.78, 5) is 0. The molecule has 0 unspecified atom stereocenters. The summed E-state index contributed by atoms with van der Waals surface area (Å²) in [5.74, 6) is 0. The van der Waals surface area contributed by atoms with Gasteiger partial charge in [-0.3, -0.25) is 0 Å². The third kappa shape index (κ3) is 0.874. The van der Waals surface area contributed by atoms with Gasteiger partial charge < -0.3 is 5.73 Å². The second kappa shape index (κ2) is 2.05. The summed E-state index contributed by atoms with van der Waals surface area (Å²) in [7, 11) is 0. The van der Waals surface area contributed by atoms with E-state index in [1.165, 1.54) is 0 Å². The number of fused-ring (bicyclic) bond motifs is 1. The number of pyridine rings is 1. The lowest BCUT2D eigenvalue weighted by atomic mass is 10.1. The Morgan fingerprint density at radius 2 is 2.31 bits per heavy atom. The summed E-state index contributed by atoms with van der Waals surface area (Å²) in [6, 6.07) is 3.92. The van der Waals surface area contributed by atoms with Crippen LogP contribution in [0.15, 0.2) is 18.3 Å². The molecule has 0 atom stereocenters. The van der Waals surface area contributed by atoms with Crippen LogP contribution in [0.2, 0.25) is 0 Å². The second-order valence-electron chi connectivity index (χ2n) is 3.53. The zero-order valence-corrected chi connectivity index (χ0v) is 7.01. The molecule has 2 N–H and O–H groups in total. The van der Waals surface area contributed by atoms with Gasteiger partial charge >= 0.3 is 0 Å². The lowest BCUT2D eigenvalue weighted by Crippen LogP contribution is -2.19. The lowest BCUT2D eigenvalue weighted by Gasteiger charge is -2.07. The summed E-state index contributed by atoms with van der Waals surface area (Å²) >= 11 is 0. The highest BCUT2D eigenvalue weighted by Crippen LogP contribution is 2.43. The van der Waals surface area contributed by atoms with E-state index in [-0.39, 0.29) is 5.54 Å². The van der Waals surface area contributed by atoms with E-state index >= 15 is 0 Å². The topological polar surface area (TPSA) is 69.1 Å². The monoisotopic (exact) mass is 175 g/mol. The molecule has 0 aliphatic heterocycles. The number of hydrogen-bond acceptors (Lipinski definition) is 4. The summed E-state index contributed by atoms with van der Waals surface area (Å²) in [5.41, 5.74) is 7.75. The highest BCUT2D eigenvalue weighted by Gasteiger charge is 2.42. The Morgan fingerprint density at radius 3 is 3.08 bits per heavy atom. The molecule has 5 heteroatoms. The molecule has 1 fully saturated rings. The van der Waals surface area contributed by atoms with E-state index in [0.717, 1.165) is 24.1 Å². The van der Waals surface area contributed by atoms with Gasteiger partial charge in [0.15, 0.2) is 5.65 Å². The van der Waals surface area contributed by atoms with Crippen molar-refractivity contribution in [2.75, 3.05) is 0 Å². The molecule has 0 spiro atoms. The third-order valence-electron chi connectivity index (χ3n) is 2.55. The minimum absolute atomic E-state index is 0.169. The van der Waals surface area contributed by atoms with E-state index < -0.39 is 0 Å².